The number of benzene rings is 1. The van der Waals surface area contributed by atoms with Gasteiger partial charge in [0.25, 0.3) is 0 Å². The van der Waals surface area contributed by atoms with Gasteiger partial charge < -0.3 is 10.7 Å². The van der Waals surface area contributed by atoms with Gasteiger partial charge in [-0.25, -0.2) is 23.4 Å². The van der Waals surface area contributed by atoms with Crippen molar-refractivity contribution in [3.63, 3.8) is 0 Å². The zero-order valence-corrected chi connectivity index (χ0v) is 12.6. The van der Waals surface area contributed by atoms with Crippen molar-refractivity contribution in [1.29, 1.82) is 0 Å². The average molecular weight is 321 g/mol. The first-order valence-electron chi connectivity index (χ1n) is 5.86. The van der Waals surface area contributed by atoms with Crippen molar-refractivity contribution >= 4 is 38.5 Å². The van der Waals surface area contributed by atoms with E-state index in [-0.39, 0.29) is 4.90 Å². The minimum atomic E-state index is -3.27. The predicted octanol–water partition coefficient (Wildman–Crippen LogP) is 1.49. The van der Waals surface area contributed by atoms with Crippen LogP contribution in [0, 0.1) is 0 Å². The van der Waals surface area contributed by atoms with Crippen LogP contribution in [0.1, 0.15) is 0 Å². The first-order valence-corrected chi connectivity index (χ1v) is 8.57. The molecule has 108 valence electrons. The van der Waals surface area contributed by atoms with Crippen LogP contribution >= 0.6 is 11.8 Å². The van der Waals surface area contributed by atoms with E-state index < -0.39 is 9.84 Å². The van der Waals surface area contributed by atoms with Crippen LogP contribution in [0.5, 0.6) is 0 Å². The number of nitrogens with two attached hydrogens (primary N) is 1. The molecule has 0 bridgehead atoms. The Morgan fingerprint density at radius 3 is 2.76 bits per heavy atom. The molecule has 0 atom stereocenters. The van der Waals surface area contributed by atoms with Crippen LogP contribution in [0.4, 0.5) is 5.69 Å². The number of rotatable bonds is 3. The Kier molecular flexibility index (Phi) is 3.30. The summed E-state index contributed by atoms with van der Waals surface area (Å²) in [4.78, 5) is 16.2. The van der Waals surface area contributed by atoms with Gasteiger partial charge in [-0.15, -0.1) is 0 Å². The second kappa shape index (κ2) is 5.01. The molecule has 3 N–H and O–H groups in total. The number of hydrogen-bond acceptors (Lipinski definition) is 7. The van der Waals surface area contributed by atoms with Gasteiger partial charge in [0.1, 0.15) is 16.9 Å². The Hall–Kier alpha value is -2.13. The van der Waals surface area contributed by atoms with Gasteiger partial charge in [-0.2, -0.15) is 0 Å². The van der Waals surface area contributed by atoms with Crippen molar-refractivity contribution in [2.45, 2.75) is 14.8 Å². The van der Waals surface area contributed by atoms with Gasteiger partial charge in [-0.3, -0.25) is 0 Å². The lowest BCUT2D eigenvalue weighted by Crippen LogP contribution is -1.99. The van der Waals surface area contributed by atoms with Gasteiger partial charge in [0.15, 0.2) is 15.5 Å². The van der Waals surface area contributed by atoms with Gasteiger partial charge >= 0.3 is 0 Å². The lowest BCUT2D eigenvalue weighted by Gasteiger charge is -2.07. The third-order valence-electron chi connectivity index (χ3n) is 2.80. The summed E-state index contributed by atoms with van der Waals surface area (Å²) >= 11 is 1.33. The van der Waals surface area contributed by atoms with Crippen molar-refractivity contribution in [3.8, 4) is 0 Å². The first kappa shape index (κ1) is 13.8. The van der Waals surface area contributed by atoms with Crippen molar-refractivity contribution in [3.05, 3.63) is 30.9 Å². The standard InChI is InChI=1S/C12H11N5O2S2/c1-21(18,19)7-2-3-9(8(13)4-7)20-12-10-11(15-5-14-10)16-6-17-12/h2-6H,13H2,1H3,(H,14,15,16,17). The van der Waals surface area contributed by atoms with Gasteiger partial charge in [-0.05, 0) is 18.2 Å². The van der Waals surface area contributed by atoms with Crippen LogP contribution in [0.2, 0.25) is 0 Å². The minimum absolute atomic E-state index is 0.193. The number of aromatic nitrogens is 4. The molecule has 7 nitrogen and oxygen atoms in total. The van der Waals surface area contributed by atoms with Crippen molar-refractivity contribution < 1.29 is 8.42 Å². The maximum atomic E-state index is 11.5. The molecule has 0 aliphatic carbocycles. The summed E-state index contributed by atoms with van der Waals surface area (Å²) < 4.78 is 23.0. The van der Waals surface area contributed by atoms with E-state index in [0.717, 1.165) is 11.2 Å². The molecule has 0 fully saturated rings. The molecule has 0 unspecified atom stereocenters. The predicted molar refractivity (Wildman–Crippen MR) is 79.8 cm³/mol. The minimum Gasteiger partial charge on any atom is -0.398 e. The number of anilines is 1. The largest absolute Gasteiger partial charge is 0.398 e. The van der Waals surface area contributed by atoms with E-state index in [0.29, 0.717) is 21.9 Å². The second-order valence-electron chi connectivity index (χ2n) is 4.35. The highest BCUT2D eigenvalue weighted by atomic mass is 32.2. The van der Waals surface area contributed by atoms with E-state index in [9.17, 15) is 8.42 Å². The fourth-order valence-electron chi connectivity index (χ4n) is 1.77. The number of fused-ring (bicyclic) bond motifs is 1. The number of sulfone groups is 1. The fraction of sp³-hybridized carbons (Fsp3) is 0.0833. The van der Waals surface area contributed by atoms with E-state index in [1.807, 2.05) is 0 Å². The Morgan fingerprint density at radius 1 is 1.24 bits per heavy atom. The summed E-state index contributed by atoms with van der Waals surface area (Å²) in [6.45, 7) is 0. The highest BCUT2D eigenvalue weighted by molar-refractivity contribution is 7.99. The Labute approximate surface area is 124 Å². The number of nitrogens with zero attached hydrogens (tertiary/aromatic N) is 3. The number of aromatic amines is 1. The van der Waals surface area contributed by atoms with E-state index in [4.69, 9.17) is 5.73 Å². The topological polar surface area (TPSA) is 115 Å². The summed E-state index contributed by atoms with van der Waals surface area (Å²) in [6.07, 6.45) is 4.11. The number of hydrogen-bond donors (Lipinski definition) is 2. The van der Waals surface area contributed by atoms with E-state index in [1.165, 1.54) is 30.2 Å². The molecule has 0 aliphatic heterocycles. The number of H-pyrrole nitrogens is 1. The summed E-state index contributed by atoms with van der Waals surface area (Å²) in [5.74, 6) is 0. The summed E-state index contributed by atoms with van der Waals surface area (Å²) in [5.41, 5.74) is 7.60. The number of nitrogens with one attached hydrogen (secondary N) is 1. The van der Waals surface area contributed by atoms with Crippen LogP contribution in [-0.4, -0.2) is 34.6 Å². The summed E-state index contributed by atoms with van der Waals surface area (Å²) in [6, 6.07) is 4.64. The Morgan fingerprint density at radius 2 is 2.05 bits per heavy atom. The van der Waals surface area contributed by atoms with Crippen LogP contribution in [0.25, 0.3) is 11.2 Å². The van der Waals surface area contributed by atoms with Crippen LogP contribution in [-0.2, 0) is 9.84 Å². The zero-order valence-electron chi connectivity index (χ0n) is 10.9. The molecule has 3 rings (SSSR count). The molecular formula is C12H11N5O2S2. The van der Waals surface area contributed by atoms with Crippen LogP contribution < -0.4 is 5.73 Å². The molecule has 3 aromatic rings. The molecule has 2 heterocycles. The molecule has 9 heteroatoms. The SMILES string of the molecule is CS(=O)(=O)c1ccc(Sc2ncnc3nc[nH]c23)c(N)c1. The lowest BCUT2D eigenvalue weighted by atomic mass is 10.3. The van der Waals surface area contributed by atoms with Gasteiger partial charge in [0.05, 0.1) is 11.2 Å². The number of imidazole rings is 1. The van der Waals surface area contributed by atoms with Crippen LogP contribution in [0.3, 0.4) is 0 Å². The summed E-state index contributed by atoms with van der Waals surface area (Å²) in [5, 5.41) is 0.677. The molecular weight excluding hydrogens is 310 g/mol. The fourth-order valence-corrected chi connectivity index (χ4v) is 3.30. The highest BCUT2D eigenvalue weighted by Crippen LogP contribution is 2.34. The Bertz CT molecular complexity index is 920. The maximum absolute atomic E-state index is 11.5. The molecule has 1 aromatic carbocycles. The number of nitrogen functional groups attached to an aromatic ring is 1. The van der Waals surface area contributed by atoms with E-state index >= 15 is 0 Å². The highest BCUT2D eigenvalue weighted by Gasteiger charge is 2.13. The third kappa shape index (κ3) is 2.69. The van der Waals surface area contributed by atoms with Gasteiger partial charge in [0, 0.05) is 16.8 Å². The lowest BCUT2D eigenvalue weighted by molar-refractivity contribution is 0.602. The normalized spacial score (nSPS) is 11.9. The van der Waals surface area contributed by atoms with Gasteiger partial charge in [0.2, 0.25) is 0 Å². The third-order valence-corrected chi connectivity index (χ3v) is 5.01. The average Bonchev–Trinajstić information content (AvgIpc) is 2.89. The molecule has 21 heavy (non-hydrogen) atoms. The van der Waals surface area contributed by atoms with Crippen molar-refractivity contribution in [2.75, 3.05) is 12.0 Å². The molecule has 2 aromatic heterocycles. The molecule has 0 radical (unpaired) electrons. The summed E-state index contributed by atoms with van der Waals surface area (Å²) in [7, 11) is -3.27. The molecule has 0 spiro atoms. The maximum Gasteiger partial charge on any atom is 0.181 e. The van der Waals surface area contributed by atoms with Crippen molar-refractivity contribution in [2.24, 2.45) is 0 Å². The molecule has 0 amide bonds. The Balaban J connectivity index is 2.01. The molecule has 0 saturated carbocycles. The molecule has 0 aliphatic rings. The first-order chi connectivity index (χ1) is 9.95. The quantitative estimate of drug-likeness (QED) is 0.554. The second-order valence-corrected chi connectivity index (χ2v) is 7.40. The van der Waals surface area contributed by atoms with E-state index in [2.05, 4.69) is 19.9 Å². The molecule has 0 saturated heterocycles. The zero-order chi connectivity index (χ0) is 15.0. The van der Waals surface area contributed by atoms with Gasteiger partial charge in [-0.1, -0.05) is 11.8 Å². The monoisotopic (exact) mass is 321 g/mol. The van der Waals surface area contributed by atoms with Crippen molar-refractivity contribution in [1.82, 2.24) is 19.9 Å². The van der Waals surface area contributed by atoms with Crippen LogP contribution in [0.15, 0.2) is 45.7 Å². The van der Waals surface area contributed by atoms with E-state index in [1.54, 1.807) is 12.4 Å². The smallest absolute Gasteiger partial charge is 0.181 e.